The Labute approximate surface area is 114 Å². The number of amides is 3. The molecule has 1 aromatic heterocycles. The third-order valence-electron chi connectivity index (χ3n) is 2.65. The molecule has 1 aliphatic carbocycles. The lowest BCUT2D eigenvalue weighted by molar-refractivity contribution is -0.120. The van der Waals surface area contributed by atoms with Crippen molar-refractivity contribution in [2.75, 3.05) is 6.54 Å². The van der Waals surface area contributed by atoms with Crippen molar-refractivity contribution < 1.29 is 23.9 Å². The molecule has 20 heavy (non-hydrogen) atoms. The van der Waals surface area contributed by atoms with E-state index in [0.717, 1.165) is 12.8 Å². The second-order valence-electron chi connectivity index (χ2n) is 4.45. The van der Waals surface area contributed by atoms with E-state index in [9.17, 15) is 14.4 Å². The number of aromatic carboxylic acids is 1. The van der Waals surface area contributed by atoms with E-state index in [4.69, 9.17) is 9.52 Å². The van der Waals surface area contributed by atoms with Crippen LogP contribution in [0.4, 0.5) is 4.79 Å². The van der Waals surface area contributed by atoms with Crippen molar-refractivity contribution in [3.63, 3.8) is 0 Å². The van der Waals surface area contributed by atoms with E-state index in [-0.39, 0.29) is 30.8 Å². The SMILES string of the molecule is O=C(CNC(=O)NCc1ccc(C(=O)O)o1)NC1CC1. The van der Waals surface area contributed by atoms with E-state index in [2.05, 4.69) is 16.0 Å². The van der Waals surface area contributed by atoms with Gasteiger partial charge in [-0.3, -0.25) is 4.79 Å². The average Bonchev–Trinajstić information content (AvgIpc) is 3.07. The molecule has 1 aliphatic rings. The van der Waals surface area contributed by atoms with Crippen molar-refractivity contribution in [3.8, 4) is 0 Å². The predicted octanol–water partition coefficient (Wildman–Crippen LogP) is 0.0556. The van der Waals surface area contributed by atoms with Crippen LogP contribution in [0.25, 0.3) is 0 Å². The third-order valence-corrected chi connectivity index (χ3v) is 2.65. The van der Waals surface area contributed by atoms with Gasteiger partial charge in [-0.05, 0) is 25.0 Å². The molecule has 0 spiro atoms. The molecule has 8 nitrogen and oxygen atoms in total. The van der Waals surface area contributed by atoms with Crippen molar-refractivity contribution in [3.05, 3.63) is 23.7 Å². The van der Waals surface area contributed by atoms with E-state index < -0.39 is 12.0 Å². The summed E-state index contributed by atoms with van der Waals surface area (Å²) in [5, 5.41) is 16.2. The highest BCUT2D eigenvalue weighted by molar-refractivity contribution is 5.85. The Morgan fingerprint density at radius 2 is 2.00 bits per heavy atom. The fourth-order valence-electron chi connectivity index (χ4n) is 1.48. The van der Waals surface area contributed by atoms with Crippen molar-refractivity contribution in [2.24, 2.45) is 0 Å². The number of rotatable bonds is 6. The van der Waals surface area contributed by atoms with Crippen molar-refractivity contribution in [1.82, 2.24) is 16.0 Å². The van der Waals surface area contributed by atoms with Crippen LogP contribution in [0, 0.1) is 0 Å². The summed E-state index contributed by atoms with van der Waals surface area (Å²) in [4.78, 5) is 33.3. The largest absolute Gasteiger partial charge is 0.475 e. The van der Waals surface area contributed by atoms with E-state index in [0.29, 0.717) is 5.76 Å². The van der Waals surface area contributed by atoms with Gasteiger partial charge in [0.25, 0.3) is 0 Å². The van der Waals surface area contributed by atoms with Gasteiger partial charge in [0, 0.05) is 6.04 Å². The second-order valence-corrected chi connectivity index (χ2v) is 4.45. The van der Waals surface area contributed by atoms with Crippen LogP contribution in [0.1, 0.15) is 29.2 Å². The molecular weight excluding hydrogens is 266 g/mol. The van der Waals surface area contributed by atoms with Gasteiger partial charge in [0.2, 0.25) is 11.7 Å². The Balaban J connectivity index is 1.65. The highest BCUT2D eigenvalue weighted by Crippen LogP contribution is 2.18. The maximum Gasteiger partial charge on any atom is 0.371 e. The molecule has 1 heterocycles. The number of nitrogens with one attached hydrogen (secondary N) is 3. The molecule has 0 radical (unpaired) electrons. The van der Waals surface area contributed by atoms with Crippen LogP contribution in [0.15, 0.2) is 16.5 Å². The van der Waals surface area contributed by atoms with Gasteiger partial charge in [0.05, 0.1) is 13.1 Å². The number of carboxylic acid groups (broad SMARTS) is 1. The maximum absolute atomic E-state index is 11.4. The fourth-order valence-corrected chi connectivity index (χ4v) is 1.48. The Morgan fingerprint density at radius 3 is 2.60 bits per heavy atom. The summed E-state index contributed by atoms with van der Waals surface area (Å²) in [5.41, 5.74) is 0. The second kappa shape index (κ2) is 6.09. The topological polar surface area (TPSA) is 121 Å². The van der Waals surface area contributed by atoms with Crippen LogP contribution in [0.5, 0.6) is 0 Å². The lowest BCUT2D eigenvalue weighted by Gasteiger charge is -2.06. The number of carbonyl (C=O) groups is 3. The van der Waals surface area contributed by atoms with E-state index in [1.807, 2.05) is 0 Å². The minimum absolute atomic E-state index is 0.0450. The first-order valence-electron chi connectivity index (χ1n) is 6.17. The summed E-state index contributed by atoms with van der Waals surface area (Å²) in [6.07, 6.45) is 1.98. The summed E-state index contributed by atoms with van der Waals surface area (Å²) in [7, 11) is 0. The minimum Gasteiger partial charge on any atom is -0.475 e. The standard InChI is InChI=1S/C12H15N3O5/c16-10(15-7-1-2-7)6-14-12(19)13-5-8-3-4-9(20-8)11(17)18/h3-4,7H,1-2,5-6H2,(H,15,16)(H,17,18)(H2,13,14,19). The normalized spacial score (nSPS) is 13.6. The van der Waals surface area contributed by atoms with Gasteiger partial charge in [-0.15, -0.1) is 0 Å². The molecule has 0 aliphatic heterocycles. The molecule has 108 valence electrons. The number of hydrogen-bond acceptors (Lipinski definition) is 4. The fraction of sp³-hybridized carbons (Fsp3) is 0.417. The molecule has 0 atom stereocenters. The van der Waals surface area contributed by atoms with Crippen LogP contribution < -0.4 is 16.0 Å². The maximum atomic E-state index is 11.4. The first-order valence-corrected chi connectivity index (χ1v) is 6.17. The van der Waals surface area contributed by atoms with Crippen molar-refractivity contribution in [1.29, 1.82) is 0 Å². The van der Waals surface area contributed by atoms with Crippen molar-refractivity contribution in [2.45, 2.75) is 25.4 Å². The van der Waals surface area contributed by atoms with E-state index in [1.165, 1.54) is 12.1 Å². The smallest absolute Gasteiger partial charge is 0.371 e. The van der Waals surface area contributed by atoms with Crippen LogP contribution in [-0.2, 0) is 11.3 Å². The zero-order valence-electron chi connectivity index (χ0n) is 10.6. The molecule has 1 saturated carbocycles. The Bertz CT molecular complexity index is 521. The monoisotopic (exact) mass is 281 g/mol. The summed E-state index contributed by atoms with van der Waals surface area (Å²) >= 11 is 0. The van der Waals surface area contributed by atoms with Gasteiger partial charge < -0.3 is 25.5 Å². The number of urea groups is 1. The van der Waals surface area contributed by atoms with Gasteiger partial charge in [0.15, 0.2) is 0 Å². The quantitative estimate of drug-likeness (QED) is 0.587. The first-order chi connectivity index (χ1) is 9.54. The molecule has 0 bridgehead atoms. The third kappa shape index (κ3) is 4.30. The predicted molar refractivity (Wildman–Crippen MR) is 67.1 cm³/mol. The molecule has 1 aromatic rings. The lowest BCUT2D eigenvalue weighted by atomic mass is 10.4. The zero-order chi connectivity index (χ0) is 14.5. The zero-order valence-corrected chi connectivity index (χ0v) is 10.6. The summed E-state index contributed by atoms with van der Waals surface area (Å²) in [6, 6.07) is 2.50. The summed E-state index contributed by atoms with van der Waals surface area (Å²) in [5.74, 6) is -1.27. The van der Waals surface area contributed by atoms with Crippen LogP contribution >= 0.6 is 0 Å². The lowest BCUT2D eigenvalue weighted by Crippen LogP contribution is -2.42. The van der Waals surface area contributed by atoms with E-state index >= 15 is 0 Å². The van der Waals surface area contributed by atoms with Gasteiger partial charge in [-0.1, -0.05) is 0 Å². The Kier molecular flexibility index (Phi) is 4.24. The number of furan rings is 1. The molecule has 3 amide bonds. The molecule has 0 unspecified atom stereocenters. The van der Waals surface area contributed by atoms with E-state index in [1.54, 1.807) is 0 Å². The summed E-state index contributed by atoms with van der Waals surface area (Å²) in [6.45, 7) is -0.0514. The number of hydrogen-bond donors (Lipinski definition) is 4. The average molecular weight is 281 g/mol. The molecule has 0 aromatic carbocycles. The molecule has 8 heteroatoms. The molecular formula is C12H15N3O5. The molecule has 4 N–H and O–H groups in total. The Hall–Kier alpha value is -2.51. The highest BCUT2D eigenvalue weighted by Gasteiger charge is 2.23. The molecule has 2 rings (SSSR count). The molecule has 1 fully saturated rings. The first kappa shape index (κ1) is 13.9. The van der Waals surface area contributed by atoms with Gasteiger partial charge in [0.1, 0.15) is 5.76 Å². The van der Waals surface area contributed by atoms with Crippen molar-refractivity contribution >= 4 is 17.9 Å². The van der Waals surface area contributed by atoms with Crippen LogP contribution in [0.3, 0.4) is 0 Å². The highest BCUT2D eigenvalue weighted by atomic mass is 16.4. The minimum atomic E-state index is -1.17. The van der Waals surface area contributed by atoms with Crippen LogP contribution in [0.2, 0.25) is 0 Å². The number of carboxylic acids is 1. The molecule has 0 saturated heterocycles. The Morgan fingerprint density at radius 1 is 1.25 bits per heavy atom. The summed E-state index contributed by atoms with van der Waals surface area (Å²) < 4.78 is 4.96. The van der Waals surface area contributed by atoms with Gasteiger partial charge in [-0.2, -0.15) is 0 Å². The number of carbonyl (C=O) groups excluding carboxylic acids is 2. The van der Waals surface area contributed by atoms with Gasteiger partial charge >= 0.3 is 12.0 Å². The van der Waals surface area contributed by atoms with Gasteiger partial charge in [-0.25, -0.2) is 9.59 Å². The van der Waals surface area contributed by atoms with Crippen LogP contribution in [-0.4, -0.2) is 35.6 Å².